The van der Waals surface area contributed by atoms with Crippen LogP contribution in [-0.4, -0.2) is 26.1 Å². The molecule has 0 bridgehead atoms. The van der Waals surface area contributed by atoms with Crippen molar-refractivity contribution in [3.63, 3.8) is 0 Å². The number of pyridine rings is 1. The summed E-state index contributed by atoms with van der Waals surface area (Å²) in [6.45, 7) is 7.39. The lowest BCUT2D eigenvalue weighted by molar-refractivity contribution is -0.111. The van der Waals surface area contributed by atoms with E-state index in [9.17, 15) is 4.79 Å². The standard InChI is InChI=1S/C26H22N6O2S/c1-4-22(33)30-21-11-14(2)19(12-28-21)18-9-10-20-25(26(27)32-31-20)24(18)16-5-7-17(8-6-16)34-23-13-35-15(3)29-23/h4-13H,1H2,2-3H3,(H3,27,31,32)(H,28,30,33). The summed E-state index contributed by atoms with van der Waals surface area (Å²) in [7, 11) is 0. The highest BCUT2D eigenvalue weighted by Crippen LogP contribution is 2.41. The van der Waals surface area contributed by atoms with Crippen molar-refractivity contribution in [3.8, 4) is 33.9 Å². The number of thiazole rings is 1. The number of amides is 1. The van der Waals surface area contributed by atoms with E-state index in [1.54, 1.807) is 6.20 Å². The van der Waals surface area contributed by atoms with Gasteiger partial charge in [-0.25, -0.2) is 9.97 Å². The third kappa shape index (κ3) is 4.36. The van der Waals surface area contributed by atoms with Crippen molar-refractivity contribution in [1.29, 1.82) is 0 Å². The fourth-order valence-corrected chi connectivity index (χ4v) is 4.46. The molecule has 2 aromatic carbocycles. The Balaban J connectivity index is 1.59. The minimum absolute atomic E-state index is 0.312. The summed E-state index contributed by atoms with van der Waals surface area (Å²) in [5, 5.41) is 13.6. The van der Waals surface area contributed by atoms with Crippen LogP contribution in [0.2, 0.25) is 0 Å². The van der Waals surface area contributed by atoms with Gasteiger partial charge in [0.25, 0.3) is 0 Å². The topological polar surface area (TPSA) is 119 Å². The number of nitrogen functional groups attached to an aromatic ring is 1. The first-order valence-electron chi connectivity index (χ1n) is 10.8. The van der Waals surface area contributed by atoms with Gasteiger partial charge in [-0.2, -0.15) is 5.10 Å². The van der Waals surface area contributed by atoms with E-state index in [1.165, 1.54) is 17.4 Å². The van der Waals surface area contributed by atoms with Gasteiger partial charge in [0.1, 0.15) is 11.6 Å². The predicted molar refractivity (Wildman–Crippen MR) is 140 cm³/mol. The number of nitrogens with one attached hydrogen (secondary N) is 2. The highest BCUT2D eigenvalue weighted by Gasteiger charge is 2.18. The first kappa shape index (κ1) is 22.3. The van der Waals surface area contributed by atoms with Crippen LogP contribution >= 0.6 is 11.3 Å². The van der Waals surface area contributed by atoms with E-state index in [-0.39, 0.29) is 5.91 Å². The van der Waals surface area contributed by atoms with Gasteiger partial charge in [0, 0.05) is 17.3 Å². The van der Waals surface area contributed by atoms with E-state index < -0.39 is 0 Å². The van der Waals surface area contributed by atoms with E-state index in [2.05, 4.69) is 32.1 Å². The van der Waals surface area contributed by atoms with Gasteiger partial charge >= 0.3 is 0 Å². The normalized spacial score (nSPS) is 10.9. The van der Waals surface area contributed by atoms with Crippen LogP contribution in [0.25, 0.3) is 33.2 Å². The molecule has 9 heteroatoms. The molecule has 4 N–H and O–H groups in total. The maximum atomic E-state index is 11.7. The van der Waals surface area contributed by atoms with Gasteiger partial charge in [-0.3, -0.25) is 9.89 Å². The van der Waals surface area contributed by atoms with Crippen molar-refractivity contribution in [2.24, 2.45) is 0 Å². The minimum atomic E-state index is -0.312. The number of benzene rings is 2. The Labute approximate surface area is 205 Å². The molecule has 0 aliphatic carbocycles. The summed E-state index contributed by atoms with van der Waals surface area (Å²) in [6.07, 6.45) is 2.96. The zero-order valence-electron chi connectivity index (χ0n) is 19.1. The number of H-pyrrole nitrogens is 1. The molecule has 5 aromatic rings. The van der Waals surface area contributed by atoms with Crippen LogP contribution in [0.3, 0.4) is 0 Å². The Hall–Kier alpha value is -4.50. The number of ether oxygens (including phenoxy) is 1. The number of aromatic amines is 1. The zero-order valence-corrected chi connectivity index (χ0v) is 19.9. The van der Waals surface area contributed by atoms with Crippen LogP contribution in [0.1, 0.15) is 10.6 Å². The smallest absolute Gasteiger partial charge is 0.248 e. The molecule has 1 amide bonds. The number of carbonyl (C=O) groups is 1. The lowest BCUT2D eigenvalue weighted by Gasteiger charge is -2.15. The highest BCUT2D eigenvalue weighted by atomic mass is 32.1. The maximum Gasteiger partial charge on any atom is 0.248 e. The van der Waals surface area contributed by atoms with Crippen LogP contribution in [0, 0.1) is 13.8 Å². The summed E-state index contributed by atoms with van der Waals surface area (Å²) in [6, 6.07) is 13.6. The second-order valence-corrected chi connectivity index (χ2v) is 8.99. The van der Waals surface area contributed by atoms with Crippen LogP contribution in [-0.2, 0) is 4.79 Å². The van der Waals surface area contributed by atoms with Crippen LogP contribution in [0.5, 0.6) is 11.6 Å². The van der Waals surface area contributed by atoms with Gasteiger partial charge in [0.2, 0.25) is 11.8 Å². The number of aryl methyl sites for hydroxylation is 2. The minimum Gasteiger partial charge on any atom is -0.438 e. The third-order valence-electron chi connectivity index (χ3n) is 5.56. The molecular weight excluding hydrogens is 460 g/mol. The summed E-state index contributed by atoms with van der Waals surface area (Å²) >= 11 is 1.54. The van der Waals surface area contributed by atoms with E-state index in [0.29, 0.717) is 23.3 Å². The molecule has 0 aliphatic heterocycles. The van der Waals surface area contributed by atoms with E-state index in [4.69, 9.17) is 10.5 Å². The van der Waals surface area contributed by atoms with Gasteiger partial charge in [-0.05, 0) is 60.9 Å². The number of fused-ring (bicyclic) bond motifs is 1. The molecule has 0 radical (unpaired) electrons. The second-order valence-electron chi connectivity index (χ2n) is 7.93. The SMILES string of the molecule is C=CC(=O)Nc1cc(C)c(-c2ccc3[nH]nc(N)c3c2-c2ccc(Oc3csc(C)n3)cc2)cn1. The molecule has 35 heavy (non-hydrogen) atoms. The zero-order chi connectivity index (χ0) is 24.5. The van der Waals surface area contributed by atoms with Gasteiger partial charge in [0.05, 0.1) is 21.3 Å². The lowest BCUT2D eigenvalue weighted by Crippen LogP contribution is -2.09. The molecule has 0 atom stereocenters. The van der Waals surface area contributed by atoms with Gasteiger partial charge in [-0.1, -0.05) is 24.8 Å². The molecule has 0 unspecified atom stereocenters. The summed E-state index contributed by atoms with van der Waals surface area (Å²) in [5.41, 5.74) is 11.8. The largest absolute Gasteiger partial charge is 0.438 e. The highest BCUT2D eigenvalue weighted by molar-refractivity contribution is 7.09. The molecule has 0 saturated heterocycles. The van der Waals surface area contributed by atoms with Crippen molar-refractivity contribution >= 4 is 39.8 Å². The summed E-state index contributed by atoms with van der Waals surface area (Å²) in [4.78, 5) is 20.5. The van der Waals surface area contributed by atoms with Crippen LogP contribution < -0.4 is 15.8 Å². The molecule has 0 spiro atoms. The predicted octanol–water partition coefficient (Wildman–Crippen LogP) is 5.86. The van der Waals surface area contributed by atoms with Crippen molar-refractivity contribution < 1.29 is 9.53 Å². The average molecular weight is 483 g/mol. The summed E-state index contributed by atoms with van der Waals surface area (Å²) in [5.74, 6) is 1.82. The molecule has 5 rings (SSSR count). The van der Waals surface area contributed by atoms with E-state index >= 15 is 0 Å². The number of anilines is 2. The van der Waals surface area contributed by atoms with Crippen LogP contribution in [0.15, 0.2) is 66.7 Å². The number of nitrogens with zero attached hydrogens (tertiary/aromatic N) is 3. The van der Waals surface area contributed by atoms with Crippen molar-refractivity contribution in [1.82, 2.24) is 20.2 Å². The molecule has 0 fully saturated rings. The fraction of sp³-hybridized carbons (Fsp3) is 0.0769. The maximum absolute atomic E-state index is 11.7. The number of aromatic nitrogens is 4. The molecular formula is C26H22N6O2S. The van der Waals surface area contributed by atoms with Crippen molar-refractivity contribution in [2.45, 2.75) is 13.8 Å². The van der Waals surface area contributed by atoms with Gasteiger partial charge in [0.15, 0.2) is 5.82 Å². The molecule has 8 nitrogen and oxygen atoms in total. The van der Waals surface area contributed by atoms with E-state index in [1.807, 2.05) is 61.7 Å². The summed E-state index contributed by atoms with van der Waals surface area (Å²) < 4.78 is 5.88. The molecule has 0 aliphatic rings. The Kier molecular flexibility index (Phi) is 5.76. The fourth-order valence-electron chi connectivity index (χ4n) is 3.95. The Bertz CT molecular complexity index is 1570. The molecule has 174 valence electrons. The average Bonchev–Trinajstić information content (AvgIpc) is 3.44. The van der Waals surface area contributed by atoms with Gasteiger partial charge < -0.3 is 15.8 Å². The van der Waals surface area contributed by atoms with Gasteiger partial charge in [-0.15, -0.1) is 11.3 Å². The monoisotopic (exact) mass is 482 g/mol. The first-order chi connectivity index (χ1) is 16.9. The number of hydrogen-bond acceptors (Lipinski definition) is 7. The second kappa shape index (κ2) is 9.03. The first-order valence-corrected chi connectivity index (χ1v) is 11.7. The van der Waals surface area contributed by atoms with Crippen LogP contribution in [0.4, 0.5) is 11.6 Å². The number of nitrogens with two attached hydrogens (primary N) is 1. The van der Waals surface area contributed by atoms with Crippen molar-refractivity contribution in [2.75, 3.05) is 11.1 Å². The number of carbonyl (C=O) groups excluding carboxylic acids is 1. The number of rotatable bonds is 6. The lowest BCUT2D eigenvalue weighted by atomic mass is 9.90. The molecule has 0 saturated carbocycles. The van der Waals surface area contributed by atoms with Crippen molar-refractivity contribution in [3.05, 3.63) is 77.3 Å². The molecule has 3 aromatic heterocycles. The Morgan fingerprint density at radius 3 is 2.66 bits per heavy atom. The third-order valence-corrected chi connectivity index (χ3v) is 6.31. The van der Waals surface area contributed by atoms with E-state index in [0.717, 1.165) is 43.7 Å². The quantitative estimate of drug-likeness (QED) is 0.261. The molecule has 3 heterocycles. The Morgan fingerprint density at radius 2 is 1.97 bits per heavy atom. The Morgan fingerprint density at radius 1 is 1.17 bits per heavy atom. The number of hydrogen-bond donors (Lipinski definition) is 3.